The van der Waals surface area contributed by atoms with E-state index in [1.807, 2.05) is 0 Å². The number of hydrogen-bond acceptors (Lipinski definition) is 3. The first-order valence-corrected chi connectivity index (χ1v) is 5.11. The molecule has 0 spiro atoms. The van der Waals surface area contributed by atoms with Gasteiger partial charge in [0.15, 0.2) is 0 Å². The first kappa shape index (κ1) is 12.9. The van der Waals surface area contributed by atoms with Crippen molar-refractivity contribution in [2.45, 2.75) is 39.2 Å². The van der Waals surface area contributed by atoms with Gasteiger partial charge in [-0.2, -0.15) is 0 Å². The maximum atomic E-state index is 8.91. The molecule has 3 nitrogen and oxygen atoms in total. The van der Waals surface area contributed by atoms with E-state index in [2.05, 4.69) is 6.92 Å². The zero-order valence-electron chi connectivity index (χ0n) is 8.79. The van der Waals surface area contributed by atoms with Crippen LogP contribution in [0, 0.1) is 0 Å². The second-order valence-corrected chi connectivity index (χ2v) is 3.22. The molecule has 0 saturated carbocycles. The number of hydrogen-bond donors (Lipinski definition) is 1. The van der Waals surface area contributed by atoms with E-state index < -0.39 is 0 Å². The average molecular weight is 190 g/mol. The number of unbranched alkanes of at least 4 members (excludes halogenated alkanes) is 1. The van der Waals surface area contributed by atoms with Crippen LogP contribution in [0.2, 0.25) is 0 Å². The van der Waals surface area contributed by atoms with Crippen LogP contribution in [-0.2, 0) is 9.47 Å². The Labute approximate surface area is 81.0 Å². The van der Waals surface area contributed by atoms with E-state index in [4.69, 9.17) is 14.6 Å². The second-order valence-electron chi connectivity index (χ2n) is 3.22. The van der Waals surface area contributed by atoms with Crippen LogP contribution in [0.5, 0.6) is 0 Å². The van der Waals surface area contributed by atoms with Crippen molar-refractivity contribution in [2.24, 2.45) is 0 Å². The lowest BCUT2D eigenvalue weighted by molar-refractivity contribution is 0.0339. The van der Waals surface area contributed by atoms with Crippen LogP contribution in [-0.4, -0.2) is 37.6 Å². The Morgan fingerprint density at radius 3 is 2.23 bits per heavy atom. The van der Waals surface area contributed by atoms with E-state index in [9.17, 15) is 0 Å². The van der Waals surface area contributed by atoms with Gasteiger partial charge in [0.1, 0.15) is 0 Å². The number of aliphatic hydroxyl groups excluding tert-OH is 1. The lowest BCUT2D eigenvalue weighted by Gasteiger charge is -2.06. The van der Waals surface area contributed by atoms with Gasteiger partial charge >= 0.3 is 0 Å². The summed E-state index contributed by atoms with van der Waals surface area (Å²) in [5.74, 6) is 0. The highest BCUT2D eigenvalue weighted by atomic mass is 16.5. The fourth-order valence-electron chi connectivity index (χ4n) is 0.822. The molecule has 0 rings (SSSR count). The Morgan fingerprint density at radius 1 is 1.08 bits per heavy atom. The number of ether oxygens (including phenoxy) is 2. The first-order chi connectivity index (χ1) is 6.27. The normalized spacial score (nSPS) is 13.2. The lowest BCUT2D eigenvalue weighted by Crippen LogP contribution is -2.09. The van der Waals surface area contributed by atoms with Crippen LogP contribution in [0.1, 0.15) is 33.1 Å². The van der Waals surface area contributed by atoms with Gasteiger partial charge < -0.3 is 14.6 Å². The molecule has 0 aromatic heterocycles. The molecule has 80 valence electrons. The minimum atomic E-state index is -0.263. The largest absolute Gasteiger partial charge is 0.393 e. The molecule has 0 saturated heterocycles. The van der Waals surface area contributed by atoms with Crippen molar-refractivity contribution in [3.05, 3.63) is 0 Å². The highest BCUT2D eigenvalue weighted by Crippen LogP contribution is 1.91. The van der Waals surface area contributed by atoms with Gasteiger partial charge in [-0.3, -0.25) is 0 Å². The molecule has 0 aliphatic rings. The van der Waals surface area contributed by atoms with Crippen molar-refractivity contribution in [1.82, 2.24) is 0 Å². The summed E-state index contributed by atoms with van der Waals surface area (Å²) in [5, 5.41) is 8.91. The SMILES string of the molecule is CCCCOCCOCCC(C)O. The van der Waals surface area contributed by atoms with Crippen molar-refractivity contribution in [3.63, 3.8) is 0 Å². The molecule has 0 aromatic rings. The Kier molecular flexibility index (Phi) is 9.87. The molecule has 0 aliphatic heterocycles. The molecule has 0 heterocycles. The predicted octanol–water partition coefficient (Wildman–Crippen LogP) is 1.59. The highest BCUT2D eigenvalue weighted by molar-refractivity contribution is 4.44. The summed E-state index contributed by atoms with van der Waals surface area (Å²) in [6.45, 7) is 6.66. The van der Waals surface area contributed by atoms with Crippen molar-refractivity contribution in [1.29, 1.82) is 0 Å². The minimum absolute atomic E-state index is 0.263. The third-order valence-corrected chi connectivity index (χ3v) is 1.69. The van der Waals surface area contributed by atoms with E-state index in [0.717, 1.165) is 13.0 Å². The summed E-state index contributed by atoms with van der Waals surface area (Å²) < 4.78 is 10.5. The molecule has 1 unspecified atom stereocenters. The van der Waals surface area contributed by atoms with Gasteiger partial charge in [0.05, 0.1) is 19.3 Å². The third kappa shape index (κ3) is 11.9. The van der Waals surface area contributed by atoms with Gasteiger partial charge in [-0.25, -0.2) is 0 Å². The van der Waals surface area contributed by atoms with Gasteiger partial charge in [0, 0.05) is 13.2 Å². The van der Waals surface area contributed by atoms with Gasteiger partial charge in [0.2, 0.25) is 0 Å². The highest BCUT2D eigenvalue weighted by Gasteiger charge is 1.94. The van der Waals surface area contributed by atoms with E-state index in [-0.39, 0.29) is 6.10 Å². The molecule has 1 N–H and O–H groups in total. The number of aliphatic hydroxyl groups is 1. The Bertz CT molecular complexity index is 94.2. The van der Waals surface area contributed by atoms with Crippen LogP contribution in [0.4, 0.5) is 0 Å². The van der Waals surface area contributed by atoms with Crippen LogP contribution in [0.15, 0.2) is 0 Å². The van der Waals surface area contributed by atoms with Crippen molar-refractivity contribution >= 4 is 0 Å². The molecule has 13 heavy (non-hydrogen) atoms. The summed E-state index contributed by atoms with van der Waals surface area (Å²) in [6.07, 6.45) is 2.73. The minimum Gasteiger partial charge on any atom is -0.393 e. The van der Waals surface area contributed by atoms with Crippen molar-refractivity contribution in [3.8, 4) is 0 Å². The fraction of sp³-hybridized carbons (Fsp3) is 1.00. The smallest absolute Gasteiger partial charge is 0.0700 e. The summed E-state index contributed by atoms with van der Waals surface area (Å²) in [4.78, 5) is 0. The van der Waals surface area contributed by atoms with Gasteiger partial charge in [-0.1, -0.05) is 13.3 Å². The second kappa shape index (κ2) is 9.96. The molecular formula is C10H22O3. The van der Waals surface area contributed by atoms with Crippen molar-refractivity contribution < 1.29 is 14.6 Å². The van der Waals surface area contributed by atoms with Crippen LogP contribution in [0.25, 0.3) is 0 Å². The third-order valence-electron chi connectivity index (χ3n) is 1.69. The lowest BCUT2D eigenvalue weighted by atomic mass is 10.3. The maximum absolute atomic E-state index is 8.91. The average Bonchev–Trinajstić information content (AvgIpc) is 2.09. The van der Waals surface area contributed by atoms with Crippen LogP contribution < -0.4 is 0 Å². The molecule has 1 atom stereocenters. The van der Waals surface area contributed by atoms with Crippen molar-refractivity contribution in [2.75, 3.05) is 26.4 Å². The quantitative estimate of drug-likeness (QED) is 0.561. The molecule has 0 amide bonds. The summed E-state index contributed by atoms with van der Waals surface area (Å²) in [6, 6.07) is 0. The Balaban J connectivity index is 2.84. The van der Waals surface area contributed by atoms with Gasteiger partial charge in [0.25, 0.3) is 0 Å². The van der Waals surface area contributed by atoms with E-state index in [1.54, 1.807) is 6.92 Å². The van der Waals surface area contributed by atoms with Gasteiger partial charge in [-0.15, -0.1) is 0 Å². The summed E-state index contributed by atoms with van der Waals surface area (Å²) in [5.41, 5.74) is 0. The molecule has 0 bridgehead atoms. The molecule has 0 aromatic carbocycles. The standard InChI is InChI=1S/C10H22O3/c1-3-4-6-12-8-9-13-7-5-10(2)11/h10-11H,3-9H2,1-2H3. The number of rotatable bonds is 9. The molecule has 0 aliphatic carbocycles. The predicted molar refractivity (Wildman–Crippen MR) is 52.8 cm³/mol. The van der Waals surface area contributed by atoms with Crippen LogP contribution >= 0.6 is 0 Å². The maximum Gasteiger partial charge on any atom is 0.0700 e. The monoisotopic (exact) mass is 190 g/mol. The van der Waals surface area contributed by atoms with Crippen LogP contribution in [0.3, 0.4) is 0 Å². The molecular weight excluding hydrogens is 168 g/mol. The summed E-state index contributed by atoms with van der Waals surface area (Å²) >= 11 is 0. The first-order valence-electron chi connectivity index (χ1n) is 5.11. The van der Waals surface area contributed by atoms with E-state index in [1.165, 1.54) is 6.42 Å². The zero-order valence-corrected chi connectivity index (χ0v) is 8.79. The summed E-state index contributed by atoms with van der Waals surface area (Å²) in [7, 11) is 0. The molecule has 0 fully saturated rings. The molecule has 0 radical (unpaired) electrons. The van der Waals surface area contributed by atoms with E-state index in [0.29, 0.717) is 26.2 Å². The van der Waals surface area contributed by atoms with E-state index >= 15 is 0 Å². The fourth-order valence-corrected chi connectivity index (χ4v) is 0.822. The topological polar surface area (TPSA) is 38.7 Å². The zero-order chi connectivity index (χ0) is 9.94. The Morgan fingerprint density at radius 2 is 1.69 bits per heavy atom. The molecule has 3 heteroatoms. The Hall–Kier alpha value is -0.120. The van der Waals surface area contributed by atoms with Gasteiger partial charge in [-0.05, 0) is 19.8 Å².